The first-order valence-electron chi connectivity index (χ1n) is 3.29. The number of methoxy groups -OCH3 is 2. The molecule has 0 aliphatic heterocycles. The van der Waals surface area contributed by atoms with Gasteiger partial charge in [0.05, 0.1) is 24.3 Å². The minimum absolute atomic E-state index is 0.320. The lowest BCUT2D eigenvalue weighted by atomic mass is 10.3. The first kappa shape index (κ1) is 11.0. The molecule has 1 aromatic rings. The molecule has 2 nitrogen and oxygen atoms in total. The van der Waals surface area contributed by atoms with Gasteiger partial charge in [-0.3, -0.25) is 0 Å². The Labute approximate surface area is 94.9 Å². The van der Waals surface area contributed by atoms with E-state index >= 15 is 0 Å². The second-order valence-electron chi connectivity index (χ2n) is 2.13. The number of halogens is 3. The van der Waals surface area contributed by atoms with Gasteiger partial charge in [-0.2, -0.15) is 0 Å². The van der Waals surface area contributed by atoms with Gasteiger partial charge in [-0.1, -0.05) is 23.2 Å². The van der Waals surface area contributed by atoms with Crippen LogP contribution in [0.25, 0.3) is 0 Å². The second-order valence-corrected chi connectivity index (χ2v) is 3.68. The zero-order chi connectivity index (χ0) is 10.0. The summed E-state index contributed by atoms with van der Waals surface area (Å²) in [5.74, 6) is 0.922. The molecule has 0 aliphatic carbocycles. The highest BCUT2D eigenvalue weighted by molar-refractivity contribution is 9.10. The summed E-state index contributed by atoms with van der Waals surface area (Å²) in [6, 6.07) is 2.70. The Bertz CT molecular complexity index is 300. The molecule has 0 bridgehead atoms. The van der Waals surface area contributed by atoms with E-state index in [-0.39, 0.29) is 0 Å². The van der Waals surface area contributed by atoms with E-state index in [1.807, 2.05) is 0 Å². The van der Waals surface area contributed by atoms with Crippen LogP contribution in [0.15, 0.2) is 4.47 Å². The van der Waals surface area contributed by atoms with E-state index < -0.39 is 0 Å². The molecule has 0 atom stereocenters. The maximum absolute atomic E-state index is 5.81. The van der Waals surface area contributed by atoms with Crippen molar-refractivity contribution < 1.29 is 9.47 Å². The van der Waals surface area contributed by atoms with E-state index in [4.69, 9.17) is 32.7 Å². The van der Waals surface area contributed by atoms with Gasteiger partial charge in [0.2, 0.25) is 0 Å². The minimum atomic E-state index is 0.320. The molecule has 0 spiro atoms. The maximum atomic E-state index is 5.81. The molecule has 1 aromatic carbocycles. The molecule has 0 N–H and O–H groups in total. The fourth-order valence-electron chi connectivity index (χ4n) is 0.864. The van der Waals surface area contributed by atoms with Crippen LogP contribution in [0.2, 0.25) is 10.0 Å². The van der Waals surface area contributed by atoms with Crippen molar-refractivity contribution in [3.05, 3.63) is 20.6 Å². The smallest absolute Gasteiger partial charge is 0.156 e. The van der Waals surface area contributed by atoms with Crippen LogP contribution >= 0.6 is 39.1 Å². The molecule has 0 saturated heterocycles. The van der Waals surface area contributed by atoms with Gasteiger partial charge in [0.25, 0.3) is 0 Å². The number of benzene rings is 1. The van der Waals surface area contributed by atoms with Crippen molar-refractivity contribution in [2.24, 2.45) is 0 Å². The molecule has 0 saturated carbocycles. The summed E-state index contributed by atoms with van der Waals surface area (Å²) in [5, 5.41) is 0.639. The molecule has 0 fully saturated rings. The summed E-state index contributed by atoms with van der Waals surface area (Å²) in [6.07, 6.45) is 0. The van der Waals surface area contributed by atoms with Crippen molar-refractivity contribution in [1.29, 1.82) is 0 Å². The molecule has 0 heterocycles. The Balaban J connectivity index is 3.39. The quantitative estimate of drug-likeness (QED) is 0.827. The van der Waals surface area contributed by atoms with E-state index in [0.29, 0.717) is 26.0 Å². The highest BCUT2D eigenvalue weighted by Crippen LogP contribution is 2.43. The van der Waals surface area contributed by atoms with Crippen LogP contribution in [-0.2, 0) is 0 Å². The molecule has 0 unspecified atom stereocenters. The standard InChI is InChI=1S/C8H6BrCl2O2/c1-12-7-4(10)3-5(11)8(13-2)6(7)9/h1-2H3. The normalized spacial score (nSPS) is 9.92. The lowest BCUT2D eigenvalue weighted by molar-refractivity contribution is 0.389. The van der Waals surface area contributed by atoms with E-state index in [0.717, 1.165) is 0 Å². The molecule has 0 aliphatic rings. The predicted octanol–water partition coefficient (Wildman–Crippen LogP) is 3.57. The van der Waals surface area contributed by atoms with Crippen molar-refractivity contribution in [2.45, 2.75) is 0 Å². The van der Waals surface area contributed by atoms with Crippen LogP contribution in [0.4, 0.5) is 0 Å². The maximum Gasteiger partial charge on any atom is 0.156 e. The van der Waals surface area contributed by atoms with Crippen molar-refractivity contribution in [3.63, 3.8) is 0 Å². The first-order valence-corrected chi connectivity index (χ1v) is 4.84. The molecule has 1 radical (unpaired) electrons. The number of rotatable bonds is 2. The molecule has 0 aromatic heterocycles. The average molecular weight is 285 g/mol. The zero-order valence-corrected chi connectivity index (χ0v) is 10.0. The lowest BCUT2D eigenvalue weighted by Crippen LogP contribution is -1.91. The summed E-state index contributed by atoms with van der Waals surface area (Å²) < 4.78 is 10.6. The molecule has 71 valence electrons. The zero-order valence-electron chi connectivity index (χ0n) is 6.95. The number of ether oxygens (including phenoxy) is 2. The average Bonchev–Trinajstić information content (AvgIpc) is 2.04. The fraction of sp³-hybridized carbons (Fsp3) is 0.250. The van der Waals surface area contributed by atoms with E-state index in [1.165, 1.54) is 14.2 Å². The summed E-state index contributed by atoms with van der Waals surface area (Å²) in [7, 11) is 3.01. The second kappa shape index (κ2) is 4.40. The van der Waals surface area contributed by atoms with Crippen molar-refractivity contribution in [3.8, 4) is 11.5 Å². The molecule has 1 rings (SSSR count). The first-order chi connectivity index (χ1) is 6.11. The van der Waals surface area contributed by atoms with Gasteiger partial charge in [-0.25, -0.2) is 0 Å². The predicted molar refractivity (Wildman–Crippen MR) is 56.1 cm³/mol. The molecular weight excluding hydrogens is 279 g/mol. The largest absolute Gasteiger partial charge is 0.494 e. The van der Waals surface area contributed by atoms with Gasteiger partial charge in [-0.15, -0.1) is 0 Å². The summed E-state index contributed by atoms with van der Waals surface area (Å²) in [4.78, 5) is 0. The fourth-order valence-corrected chi connectivity index (χ4v) is 2.39. The molecule has 0 amide bonds. The Morgan fingerprint density at radius 2 is 1.46 bits per heavy atom. The van der Waals surface area contributed by atoms with Crippen LogP contribution in [0.1, 0.15) is 0 Å². The van der Waals surface area contributed by atoms with Crippen LogP contribution in [0.3, 0.4) is 0 Å². The van der Waals surface area contributed by atoms with Gasteiger partial charge in [0.1, 0.15) is 4.47 Å². The van der Waals surface area contributed by atoms with E-state index in [1.54, 1.807) is 0 Å². The lowest BCUT2D eigenvalue weighted by Gasteiger charge is -2.10. The van der Waals surface area contributed by atoms with Crippen molar-refractivity contribution >= 4 is 39.1 Å². The molecule has 13 heavy (non-hydrogen) atoms. The summed E-state index contributed by atoms with van der Waals surface area (Å²) in [6.45, 7) is 0. The van der Waals surface area contributed by atoms with Gasteiger partial charge in [-0.05, 0) is 15.9 Å². The topological polar surface area (TPSA) is 18.5 Å². The SMILES string of the molecule is COc1c(Cl)[c]c(Cl)c(OC)c1Br. The highest BCUT2D eigenvalue weighted by Gasteiger charge is 2.15. The Kier molecular flexibility index (Phi) is 3.71. The number of hydrogen-bond donors (Lipinski definition) is 0. The third kappa shape index (κ3) is 2.03. The van der Waals surface area contributed by atoms with E-state index in [2.05, 4.69) is 22.0 Å². The third-order valence-electron chi connectivity index (χ3n) is 1.43. The third-order valence-corrected chi connectivity index (χ3v) is 2.68. The number of hydrogen-bond acceptors (Lipinski definition) is 2. The Morgan fingerprint density at radius 3 is 1.77 bits per heavy atom. The van der Waals surface area contributed by atoms with Gasteiger partial charge >= 0.3 is 0 Å². The summed E-state index contributed by atoms with van der Waals surface area (Å²) >= 11 is 14.9. The minimum Gasteiger partial charge on any atom is -0.494 e. The van der Waals surface area contributed by atoms with Crippen molar-refractivity contribution in [1.82, 2.24) is 0 Å². The van der Waals surface area contributed by atoms with Gasteiger partial charge in [0.15, 0.2) is 11.5 Å². The van der Waals surface area contributed by atoms with Crippen LogP contribution in [0, 0.1) is 6.07 Å². The molecule has 5 heteroatoms. The van der Waals surface area contributed by atoms with Crippen LogP contribution in [-0.4, -0.2) is 14.2 Å². The van der Waals surface area contributed by atoms with Gasteiger partial charge in [0, 0.05) is 6.07 Å². The Morgan fingerprint density at radius 1 is 1.08 bits per heavy atom. The summed E-state index contributed by atoms with van der Waals surface area (Å²) in [5.41, 5.74) is 0. The van der Waals surface area contributed by atoms with Crippen molar-refractivity contribution in [2.75, 3.05) is 14.2 Å². The molecular formula is C8H6BrCl2O2. The van der Waals surface area contributed by atoms with Crippen LogP contribution in [0.5, 0.6) is 11.5 Å². The Hall–Kier alpha value is -0.120. The highest BCUT2D eigenvalue weighted by atomic mass is 79.9. The van der Waals surface area contributed by atoms with Crippen LogP contribution < -0.4 is 9.47 Å². The van der Waals surface area contributed by atoms with Gasteiger partial charge < -0.3 is 9.47 Å². The monoisotopic (exact) mass is 283 g/mol. The van der Waals surface area contributed by atoms with E-state index in [9.17, 15) is 0 Å².